The number of H-pyrrole nitrogens is 1. The van der Waals surface area contributed by atoms with Crippen molar-refractivity contribution in [3.05, 3.63) is 58.1 Å². The van der Waals surface area contributed by atoms with Crippen LogP contribution < -0.4 is 5.32 Å². The first-order valence-corrected chi connectivity index (χ1v) is 10.1. The summed E-state index contributed by atoms with van der Waals surface area (Å²) < 4.78 is 0.978. The van der Waals surface area contributed by atoms with Crippen LogP contribution in [0.1, 0.15) is 28.8 Å². The van der Waals surface area contributed by atoms with Crippen molar-refractivity contribution in [3.8, 4) is 11.4 Å². The van der Waals surface area contributed by atoms with E-state index in [1.54, 1.807) is 17.0 Å². The second kappa shape index (κ2) is 6.77. The zero-order valence-corrected chi connectivity index (χ0v) is 16.9. The lowest BCUT2D eigenvalue weighted by molar-refractivity contribution is -0.117. The molecule has 2 amide bonds. The van der Waals surface area contributed by atoms with Gasteiger partial charge in [0.15, 0.2) is 5.82 Å². The predicted molar refractivity (Wildman–Crippen MR) is 109 cm³/mol. The monoisotopic (exact) mass is 452 g/mol. The molecular weight excluding hydrogens is 436 g/mol. The van der Waals surface area contributed by atoms with Gasteiger partial charge in [0, 0.05) is 33.2 Å². The molecule has 2 aromatic carbocycles. The van der Waals surface area contributed by atoms with Gasteiger partial charge < -0.3 is 10.2 Å². The highest BCUT2D eigenvalue weighted by atomic mass is 79.9. The Hall–Kier alpha value is -3.07. The first-order chi connectivity index (χ1) is 14.0. The van der Waals surface area contributed by atoms with E-state index in [1.165, 1.54) is 0 Å². The third kappa shape index (κ3) is 3.31. The number of carbonyl (C=O) groups is 2. The van der Waals surface area contributed by atoms with Crippen molar-refractivity contribution >= 4 is 33.4 Å². The fraction of sp³-hybridized carbons (Fsp3) is 0.250. The number of nitrogens with zero attached hydrogens (tertiary/aromatic N) is 4. The van der Waals surface area contributed by atoms with Gasteiger partial charge in [-0.15, -0.1) is 5.10 Å². The molecule has 3 aromatic rings. The van der Waals surface area contributed by atoms with Crippen molar-refractivity contribution in [2.75, 3.05) is 18.4 Å². The van der Waals surface area contributed by atoms with E-state index in [2.05, 4.69) is 41.9 Å². The van der Waals surface area contributed by atoms with Gasteiger partial charge in [0.25, 0.3) is 5.91 Å². The van der Waals surface area contributed by atoms with Crippen LogP contribution in [0.5, 0.6) is 0 Å². The van der Waals surface area contributed by atoms with Crippen LogP contribution in [0.25, 0.3) is 11.4 Å². The van der Waals surface area contributed by atoms with E-state index in [-0.39, 0.29) is 23.8 Å². The number of hydrogen-bond donors (Lipinski definition) is 2. The summed E-state index contributed by atoms with van der Waals surface area (Å²) in [5, 5.41) is 16.5. The lowest BCUT2D eigenvalue weighted by Gasteiger charge is -2.34. The second-order valence-corrected chi connectivity index (χ2v) is 8.42. The normalized spacial score (nSPS) is 16.6. The summed E-state index contributed by atoms with van der Waals surface area (Å²) in [7, 11) is 0. The number of rotatable bonds is 4. The van der Waals surface area contributed by atoms with Crippen LogP contribution in [0.4, 0.5) is 5.69 Å². The molecular formula is C20H17BrN6O2. The van der Waals surface area contributed by atoms with Gasteiger partial charge >= 0.3 is 0 Å². The van der Waals surface area contributed by atoms with E-state index in [9.17, 15) is 9.59 Å². The molecule has 1 saturated carbocycles. The van der Waals surface area contributed by atoms with Crippen molar-refractivity contribution in [2.45, 2.75) is 18.3 Å². The SMILES string of the molecule is O=C(CN1CC2(CC2)c2cc(Br)ccc2C1=O)Nc1ccc(-c2nnn[nH]2)cc1. The van der Waals surface area contributed by atoms with Crippen LogP contribution in [0.15, 0.2) is 46.9 Å². The highest BCUT2D eigenvalue weighted by molar-refractivity contribution is 9.10. The minimum Gasteiger partial charge on any atom is -0.328 e. The van der Waals surface area contributed by atoms with Gasteiger partial charge in [-0.1, -0.05) is 15.9 Å². The molecule has 0 unspecified atom stereocenters. The number of benzene rings is 2. The first-order valence-electron chi connectivity index (χ1n) is 9.27. The third-order valence-corrected chi connectivity index (χ3v) is 6.03. The number of aromatic nitrogens is 4. The van der Waals surface area contributed by atoms with E-state index in [0.717, 1.165) is 28.4 Å². The van der Waals surface area contributed by atoms with Crippen LogP contribution in [-0.4, -0.2) is 50.4 Å². The summed E-state index contributed by atoms with van der Waals surface area (Å²) in [6.07, 6.45) is 2.08. The fourth-order valence-electron chi connectivity index (χ4n) is 3.91. The van der Waals surface area contributed by atoms with Gasteiger partial charge in [0.2, 0.25) is 5.91 Å². The van der Waals surface area contributed by atoms with Crippen LogP contribution in [-0.2, 0) is 10.2 Å². The molecule has 1 fully saturated rings. The first kappa shape index (κ1) is 18.0. The smallest absolute Gasteiger partial charge is 0.254 e. The zero-order valence-electron chi connectivity index (χ0n) is 15.4. The second-order valence-electron chi connectivity index (χ2n) is 7.51. The quantitative estimate of drug-likeness (QED) is 0.633. The Kier molecular flexibility index (Phi) is 4.20. The molecule has 1 aromatic heterocycles. The van der Waals surface area contributed by atoms with E-state index in [1.807, 2.05) is 30.3 Å². The van der Waals surface area contributed by atoms with Crippen LogP contribution in [0.3, 0.4) is 0 Å². The average Bonchev–Trinajstić information content (AvgIpc) is 3.27. The van der Waals surface area contributed by atoms with Crippen molar-refractivity contribution in [1.29, 1.82) is 0 Å². The van der Waals surface area contributed by atoms with Gasteiger partial charge in [-0.25, -0.2) is 5.10 Å². The lowest BCUT2D eigenvalue weighted by atomic mass is 9.86. The number of fused-ring (bicyclic) bond motifs is 2. The highest BCUT2D eigenvalue weighted by Gasteiger charge is 2.51. The van der Waals surface area contributed by atoms with E-state index >= 15 is 0 Å². The molecule has 2 aliphatic rings. The zero-order chi connectivity index (χ0) is 20.0. The van der Waals surface area contributed by atoms with E-state index < -0.39 is 0 Å². The van der Waals surface area contributed by atoms with Crippen LogP contribution in [0.2, 0.25) is 0 Å². The minimum atomic E-state index is -0.219. The Morgan fingerprint density at radius 3 is 2.69 bits per heavy atom. The molecule has 2 N–H and O–H groups in total. The number of amides is 2. The number of nitrogens with one attached hydrogen (secondary N) is 2. The van der Waals surface area contributed by atoms with Crippen molar-refractivity contribution < 1.29 is 9.59 Å². The lowest BCUT2D eigenvalue weighted by Crippen LogP contribution is -2.46. The Bertz CT molecular complexity index is 1090. The van der Waals surface area contributed by atoms with E-state index in [0.29, 0.717) is 23.6 Å². The third-order valence-electron chi connectivity index (χ3n) is 5.54. The van der Waals surface area contributed by atoms with Gasteiger partial charge in [0.05, 0.1) is 0 Å². The summed E-state index contributed by atoms with van der Waals surface area (Å²) in [6, 6.07) is 13.0. The molecule has 9 heteroatoms. The van der Waals surface area contributed by atoms with Gasteiger partial charge in [-0.2, -0.15) is 0 Å². The topological polar surface area (TPSA) is 104 Å². The summed E-state index contributed by atoms with van der Waals surface area (Å²) in [6.45, 7) is 0.615. The maximum atomic E-state index is 12.9. The Balaban J connectivity index is 1.29. The molecule has 29 heavy (non-hydrogen) atoms. The molecule has 8 nitrogen and oxygen atoms in total. The van der Waals surface area contributed by atoms with Crippen LogP contribution >= 0.6 is 15.9 Å². The number of carbonyl (C=O) groups excluding carboxylic acids is 2. The standard InChI is InChI=1S/C20H17BrN6O2/c21-13-3-6-15-16(9-13)20(7-8-20)11-27(19(15)29)10-17(28)22-14-4-1-12(2-5-14)18-23-25-26-24-18/h1-6,9H,7-8,10-11H2,(H,22,28)(H,23,24,25,26). The molecule has 1 aliphatic carbocycles. The molecule has 146 valence electrons. The number of halogens is 1. The average molecular weight is 453 g/mol. The van der Waals surface area contributed by atoms with Crippen molar-refractivity contribution in [2.24, 2.45) is 0 Å². The maximum Gasteiger partial charge on any atom is 0.254 e. The number of tetrazole rings is 1. The molecule has 0 radical (unpaired) electrons. The molecule has 1 spiro atoms. The van der Waals surface area contributed by atoms with E-state index in [4.69, 9.17) is 0 Å². The van der Waals surface area contributed by atoms with Crippen molar-refractivity contribution in [3.63, 3.8) is 0 Å². The molecule has 1 aliphatic heterocycles. The minimum absolute atomic E-state index is 0.0000629. The Morgan fingerprint density at radius 1 is 1.21 bits per heavy atom. The number of anilines is 1. The predicted octanol–water partition coefficient (Wildman–Crippen LogP) is 2.76. The highest BCUT2D eigenvalue weighted by Crippen LogP contribution is 2.52. The molecule has 5 rings (SSSR count). The van der Waals surface area contributed by atoms with Crippen molar-refractivity contribution in [1.82, 2.24) is 25.5 Å². The summed E-state index contributed by atoms with van der Waals surface area (Å²) >= 11 is 3.50. The number of hydrogen-bond acceptors (Lipinski definition) is 5. The Morgan fingerprint density at radius 2 is 2.00 bits per heavy atom. The summed E-state index contributed by atoms with van der Waals surface area (Å²) in [5.41, 5.74) is 3.28. The Labute approximate surface area is 174 Å². The molecule has 2 heterocycles. The molecule has 0 saturated heterocycles. The maximum absolute atomic E-state index is 12.9. The summed E-state index contributed by atoms with van der Waals surface area (Å²) in [4.78, 5) is 27.2. The van der Waals surface area contributed by atoms with Gasteiger partial charge in [-0.3, -0.25) is 9.59 Å². The fourth-order valence-corrected chi connectivity index (χ4v) is 4.27. The summed E-state index contributed by atoms with van der Waals surface area (Å²) in [5.74, 6) is 0.249. The van der Waals surface area contributed by atoms with Gasteiger partial charge in [-0.05, 0) is 71.3 Å². The molecule has 0 bridgehead atoms. The van der Waals surface area contributed by atoms with Gasteiger partial charge in [0.1, 0.15) is 6.54 Å². The van der Waals surface area contributed by atoms with Crippen LogP contribution in [0, 0.1) is 0 Å². The largest absolute Gasteiger partial charge is 0.328 e. The molecule has 0 atom stereocenters. The number of aromatic amines is 1.